The molecule has 0 aliphatic carbocycles. The van der Waals surface area contributed by atoms with Crippen LogP contribution in [-0.4, -0.2) is 31.0 Å². The second-order valence-corrected chi connectivity index (χ2v) is 5.55. The van der Waals surface area contributed by atoms with Gasteiger partial charge in [0, 0.05) is 12.0 Å². The lowest BCUT2D eigenvalue weighted by molar-refractivity contribution is -0.144. The summed E-state index contributed by atoms with van der Waals surface area (Å²) in [5.41, 5.74) is 6.33. The van der Waals surface area contributed by atoms with Gasteiger partial charge in [-0.25, -0.2) is 0 Å². The van der Waals surface area contributed by atoms with E-state index in [0.29, 0.717) is 5.75 Å². The monoisotopic (exact) mass is 370 g/mol. The molecule has 0 aromatic heterocycles. The van der Waals surface area contributed by atoms with Crippen molar-refractivity contribution in [1.29, 1.82) is 0 Å². The molecule has 0 saturated carbocycles. The summed E-state index contributed by atoms with van der Waals surface area (Å²) in [5.74, 6) is -0.893. The van der Waals surface area contributed by atoms with Gasteiger partial charge in [0.05, 0.1) is 13.0 Å². The highest BCUT2D eigenvalue weighted by Crippen LogP contribution is 2.29. The standard InChI is InChI=1S/C20H22N2O5/c1-2-26-20(25)13-12-18(23)21-22-19(24)14-27-17-11-7-6-10-16(17)15-8-4-3-5-9-15/h3-11H,2,12-14H2,1H3,(H,21,23)(H,22,24). The summed E-state index contributed by atoms with van der Waals surface area (Å²) in [7, 11) is 0. The largest absolute Gasteiger partial charge is 0.483 e. The Morgan fingerprint density at radius 2 is 1.52 bits per heavy atom. The van der Waals surface area contributed by atoms with Crippen molar-refractivity contribution in [3.05, 3.63) is 54.6 Å². The maximum absolute atomic E-state index is 11.9. The van der Waals surface area contributed by atoms with Crippen molar-refractivity contribution in [2.45, 2.75) is 19.8 Å². The fourth-order valence-electron chi connectivity index (χ4n) is 2.28. The van der Waals surface area contributed by atoms with Crippen LogP contribution in [0, 0.1) is 0 Å². The van der Waals surface area contributed by atoms with Crippen LogP contribution in [0.15, 0.2) is 54.6 Å². The van der Waals surface area contributed by atoms with Crippen LogP contribution in [0.3, 0.4) is 0 Å². The molecule has 7 nitrogen and oxygen atoms in total. The van der Waals surface area contributed by atoms with Crippen molar-refractivity contribution < 1.29 is 23.9 Å². The Labute approximate surface area is 157 Å². The van der Waals surface area contributed by atoms with Gasteiger partial charge in [0.15, 0.2) is 6.61 Å². The Bertz CT molecular complexity index is 777. The van der Waals surface area contributed by atoms with Crippen LogP contribution >= 0.6 is 0 Å². The number of ether oxygens (including phenoxy) is 2. The zero-order valence-corrected chi connectivity index (χ0v) is 15.1. The first kappa shape index (κ1) is 20.0. The summed E-state index contributed by atoms with van der Waals surface area (Å²) >= 11 is 0. The maximum atomic E-state index is 11.9. The predicted octanol–water partition coefficient (Wildman–Crippen LogP) is 2.22. The third-order valence-electron chi connectivity index (χ3n) is 3.53. The fourth-order valence-corrected chi connectivity index (χ4v) is 2.28. The Hall–Kier alpha value is -3.35. The van der Waals surface area contributed by atoms with Crippen molar-refractivity contribution in [2.75, 3.05) is 13.2 Å². The van der Waals surface area contributed by atoms with Crippen molar-refractivity contribution in [3.8, 4) is 16.9 Å². The Morgan fingerprint density at radius 3 is 2.26 bits per heavy atom. The summed E-state index contributed by atoms with van der Waals surface area (Å²) in [6.07, 6.45) is -0.118. The highest BCUT2D eigenvalue weighted by Gasteiger charge is 2.10. The lowest BCUT2D eigenvalue weighted by Crippen LogP contribution is -2.43. The Kier molecular flexibility index (Phi) is 7.84. The third kappa shape index (κ3) is 6.81. The van der Waals surface area contributed by atoms with E-state index in [1.165, 1.54) is 0 Å². The van der Waals surface area contributed by atoms with Crippen molar-refractivity contribution in [1.82, 2.24) is 10.9 Å². The number of hydrogen-bond donors (Lipinski definition) is 2. The van der Waals surface area contributed by atoms with Gasteiger partial charge in [0.25, 0.3) is 5.91 Å². The number of amides is 2. The van der Waals surface area contributed by atoms with Gasteiger partial charge in [0.2, 0.25) is 5.91 Å². The van der Waals surface area contributed by atoms with Crippen molar-refractivity contribution >= 4 is 17.8 Å². The molecule has 0 aliphatic heterocycles. The second kappa shape index (κ2) is 10.6. The number of hydrazine groups is 1. The van der Waals surface area contributed by atoms with Gasteiger partial charge in [0.1, 0.15) is 5.75 Å². The maximum Gasteiger partial charge on any atom is 0.306 e. The van der Waals surface area contributed by atoms with Gasteiger partial charge >= 0.3 is 5.97 Å². The first-order valence-electron chi connectivity index (χ1n) is 8.60. The minimum absolute atomic E-state index is 0.0451. The molecule has 0 heterocycles. The topological polar surface area (TPSA) is 93.7 Å². The molecule has 0 fully saturated rings. The molecule has 0 unspecified atom stereocenters. The number of rotatable bonds is 8. The van der Waals surface area contributed by atoms with Crippen molar-refractivity contribution in [2.24, 2.45) is 0 Å². The summed E-state index contributed by atoms with van der Waals surface area (Å²) in [6, 6.07) is 17.0. The van der Waals surface area contributed by atoms with E-state index in [-0.39, 0.29) is 26.1 Å². The van der Waals surface area contributed by atoms with Gasteiger partial charge < -0.3 is 9.47 Å². The Morgan fingerprint density at radius 1 is 0.852 bits per heavy atom. The van der Waals surface area contributed by atoms with E-state index in [9.17, 15) is 14.4 Å². The number of para-hydroxylation sites is 1. The molecule has 0 atom stereocenters. The average molecular weight is 370 g/mol. The van der Waals surface area contributed by atoms with E-state index in [0.717, 1.165) is 11.1 Å². The second-order valence-electron chi connectivity index (χ2n) is 5.55. The predicted molar refractivity (Wildman–Crippen MR) is 99.5 cm³/mol. The molecule has 0 radical (unpaired) electrons. The molecular weight excluding hydrogens is 348 g/mol. The zero-order valence-electron chi connectivity index (χ0n) is 15.1. The lowest BCUT2D eigenvalue weighted by Gasteiger charge is -2.12. The summed E-state index contributed by atoms with van der Waals surface area (Å²) in [6.45, 7) is 1.69. The molecule has 2 aromatic carbocycles. The van der Waals surface area contributed by atoms with Crippen LogP contribution < -0.4 is 15.6 Å². The molecule has 7 heteroatoms. The summed E-state index contributed by atoms with van der Waals surface area (Å²) in [5, 5.41) is 0. The molecule has 2 N–H and O–H groups in total. The molecule has 27 heavy (non-hydrogen) atoms. The van der Waals surface area contributed by atoms with Gasteiger partial charge in [-0.15, -0.1) is 0 Å². The number of benzene rings is 2. The molecule has 0 spiro atoms. The Balaban J connectivity index is 1.79. The molecule has 2 rings (SSSR count). The lowest BCUT2D eigenvalue weighted by atomic mass is 10.1. The molecule has 2 amide bonds. The number of carbonyl (C=O) groups is 3. The normalized spacial score (nSPS) is 9.96. The molecule has 0 bridgehead atoms. The highest BCUT2D eigenvalue weighted by molar-refractivity contribution is 5.85. The molecule has 142 valence electrons. The summed E-state index contributed by atoms with van der Waals surface area (Å²) < 4.78 is 10.3. The minimum atomic E-state index is -0.512. The first-order chi connectivity index (χ1) is 13.1. The molecular formula is C20H22N2O5. The van der Waals surface area contributed by atoms with E-state index in [4.69, 9.17) is 9.47 Å². The van der Waals surface area contributed by atoms with Crippen molar-refractivity contribution in [3.63, 3.8) is 0 Å². The van der Waals surface area contributed by atoms with Gasteiger partial charge in [-0.1, -0.05) is 48.5 Å². The number of nitrogens with one attached hydrogen (secondary N) is 2. The molecule has 2 aromatic rings. The smallest absolute Gasteiger partial charge is 0.306 e. The van der Waals surface area contributed by atoms with Gasteiger partial charge in [-0.05, 0) is 18.6 Å². The van der Waals surface area contributed by atoms with Crippen LogP contribution in [0.1, 0.15) is 19.8 Å². The fraction of sp³-hybridized carbons (Fsp3) is 0.250. The van der Waals surface area contributed by atoms with E-state index >= 15 is 0 Å². The van der Waals surface area contributed by atoms with E-state index < -0.39 is 17.8 Å². The van der Waals surface area contributed by atoms with Crippen LogP contribution in [0.5, 0.6) is 5.75 Å². The van der Waals surface area contributed by atoms with Crippen LogP contribution in [0.4, 0.5) is 0 Å². The van der Waals surface area contributed by atoms with Crippen LogP contribution in [0.2, 0.25) is 0 Å². The number of esters is 1. The minimum Gasteiger partial charge on any atom is -0.483 e. The average Bonchev–Trinajstić information content (AvgIpc) is 2.70. The third-order valence-corrected chi connectivity index (χ3v) is 3.53. The number of hydrogen-bond acceptors (Lipinski definition) is 5. The molecule has 0 aliphatic rings. The zero-order chi connectivity index (χ0) is 19.5. The van der Waals surface area contributed by atoms with Crippen LogP contribution in [-0.2, 0) is 19.1 Å². The SMILES string of the molecule is CCOC(=O)CCC(=O)NNC(=O)COc1ccccc1-c1ccccc1. The van der Waals surface area contributed by atoms with E-state index in [1.54, 1.807) is 13.0 Å². The highest BCUT2D eigenvalue weighted by atomic mass is 16.5. The van der Waals surface area contributed by atoms with Gasteiger partial charge in [-0.3, -0.25) is 25.2 Å². The number of carbonyl (C=O) groups excluding carboxylic acids is 3. The quantitative estimate of drug-likeness (QED) is 0.549. The first-order valence-corrected chi connectivity index (χ1v) is 8.60. The van der Waals surface area contributed by atoms with Crippen LogP contribution in [0.25, 0.3) is 11.1 Å². The van der Waals surface area contributed by atoms with Gasteiger partial charge in [-0.2, -0.15) is 0 Å². The van der Waals surface area contributed by atoms with E-state index in [2.05, 4.69) is 10.9 Å². The van der Waals surface area contributed by atoms with E-state index in [1.807, 2.05) is 48.5 Å². The molecule has 0 saturated heterocycles. The summed E-state index contributed by atoms with van der Waals surface area (Å²) in [4.78, 5) is 34.6.